The predicted octanol–water partition coefficient (Wildman–Crippen LogP) is 0.702. The highest BCUT2D eigenvalue weighted by molar-refractivity contribution is 5.97. The number of oxime groups is 1. The van der Waals surface area contributed by atoms with Crippen LogP contribution in [0.3, 0.4) is 0 Å². The summed E-state index contributed by atoms with van der Waals surface area (Å²) in [5.74, 6) is 0.125. The van der Waals surface area contributed by atoms with Crippen molar-refractivity contribution in [2.45, 2.75) is 38.5 Å². The monoisotopic (exact) mass is 249 g/mol. The lowest BCUT2D eigenvalue weighted by Gasteiger charge is -2.32. The molecular weight excluding hydrogens is 230 g/mol. The zero-order valence-corrected chi connectivity index (χ0v) is 10.4. The van der Waals surface area contributed by atoms with Crippen LogP contribution >= 0.6 is 0 Å². The second-order valence-electron chi connectivity index (χ2n) is 4.83. The summed E-state index contributed by atoms with van der Waals surface area (Å²) in [5, 5.41) is 24.2. The van der Waals surface area contributed by atoms with E-state index in [4.69, 9.17) is 10.9 Å². The minimum Gasteiger partial charge on any atom is -0.409 e. The Morgan fingerprint density at radius 1 is 1.50 bits per heavy atom. The number of rotatable bonds is 4. The molecule has 0 radical (unpaired) electrons. The molecule has 0 aromatic heterocycles. The Hall–Kier alpha value is -1.59. The number of hydrogen-bond donors (Lipinski definition) is 4. The Kier molecular flexibility index (Phi) is 3.84. The summed E-state index contributed by atoms with van der Waals surface area (Å²) in [5.41, 5.74) is 8.55. The number of aryl methyl sites for hydroxylation is 1. The van der Waals surface area contributed by atoms with Gasteiger partial charge in [0, 0.05) is 18.2 Å². The van der Waals surface area contributed by atoms with Crippen LogP contribution in [-0.4, -0.2) is 28.3 Å². The summed E-state index contributed by atoms with van der Waals surface area (Å²) in [6.07, 6.45) is 1.54. The molecule has 18 heavy (non-hydrogen) atoms. The minimum absolute atomic E-state index is 0.125. The molecule has 1 aromatic rings. The number of hydrogen-bond acceptors (Lipinski definition) is 4. The van der Waals surface area contributed by atoms with E-state index >= 15 is 0 Å². The van der Waals surface area contributed by atoms with Crippen LogP contribution in [0.15, 0.2) is 23.4 Å². The van der Waals surface area contributed by atoms with E-state index in [0.29, 0.717) is 6.04 Å². The molecule has 98 valence electrons. The van der Waals surface area contributed by atoms with E-state index in [9.17, 15) is 5.11 Å². The third kappa shape index (κ3) is 2.80. The number of aliphatic hydroxyl groups is 1. The zero-order chi connectivity index (χ0) is 13.1. The molecule has 5 nitrogen and oxygen atoms in total. The number of nitrogens with zero attached hydrogens (tertiary/aromatic N) is 1. The largest absolute Gasteiger partial charge is 0.409 e. The van der Waals surface area contributed by atoms with Crippen molar-refractivity contribution < 1.29 is 10.3 Å². The van der Waals surface area contributed by atoms with Gasteiger partial charge in [-0.15, -0.1) is 0 Å². The van der Waals surface area contributed by atoms with Crippen LogP contribution in [0.4, 0.5) is 0 Å². The van der Waals surface area contributed by atoms with Gasteiger partial charge >= 0.3 is 0 Å². The van der Waals surface area contributed by atoms with E-state index in [0.717, 1.165) is 30.5 Å². The predicted molar refractivity (Wildman–Crippen MR) is 69.6 cm³/mol. The van der Waals surface area contributed by atoms with Gasteiger partial charge in [0.1, 0.15) is 0 Å². The van der Waals surface area contributed by atoms with Crippen molar-refractivity contribution in [2.24, 2.45) is 10.9 Å². The molecule has 0 atom stereocenters. The van der Waals surface area contributed by atoms with E-state index in [-0.39, 0.29) is 11.9 Å². The minimum atomic E-state index is -0.133. The fraction of sp³-hybridized carbons (Fsp3) is 0.462. The van der Waals surface area contributed by atoms with Crippen molar-refractivity contribution in [1.82, 2.24) is 5.32 Å². The van der Waals surface area contributed by atoms with Gasteiger partial charge in [0.15, 0.2) is 5.84 Å². The maximum atomic E-state index is 9.20. The SMILES string of the molecule is Cc1cc(/C(N)=N/O)ccc1CNC1CC(O)C1. The molecule has 1 saturated carbocycles. The van der Waals surface area contributed by atoms with Crippen LogP contribution in [0.5, 0.6) is 0 Å². The maximum absolute atomic E-state index is 9.20. The Bertz CT molecular complexity index is 454. The summed E-state index contributed by atoms with van der Waals surface area (Å²) in [7, 11) is 0. The fourth-order valence-electron chi connectivity index (χ4n) is 2.12. The van der Waals surface area contributed by atoms with E-state index in [2.05, 4.69) is 10.5 Å². The lowest BCUT2D eigenvalue weighted by Crippen LogP contribution is -2.43. The van der Waals surface area contributed by atoms with Crippen molar-refractivity contribution in [1.29, 1.82) is 0 Å². The van der Waals surface area contributed by atoms with Crippen LogP contribution < -0.4 is 11.1 Å². The van der Waals surface area contributed by atoms with Gasteiger partial charge in [-0.1, -0.05) is 17.3 Å². The quantitative estimate of drug-likeness (QED) is 0.274. The molecule has 2 rings (SSSR count). The van der Waals surface area contributed by atoms with Gasteiger partial charge in [-0.25, -0.2) is 0 Å². The van der Waals surface area contributed by atoms with Gasteiger partial charge in [0.05, 0.1) is 6.10 Å². The van der Waals surface area contributed by atoms with Gasteiger partial charge in [-0.2, -0.15) is 0 Å². The van der Waals surface area contributed by atoms with Gasteiger partial charge in [-0.3, -0.25) is 0 Å². The van der Waals surface area contributed by atoms with E-state index in [1.54, 1.807) is 0 Å². The summed E-state index contributed by atoms with van der Waals surface area (Å²) < 4.78 is 0. The molecule has 0 amide bonds. The Morgan fingerprint density at radius 2 is 2.22 bits per heavy atom. The first-order valence-corrected chi connectivity index (χ1v) is 6.09. The van der Waals surface area contributed by atoms with E-state index < -0.39 is 0 Å². The van der Waals surface area contributed by atoms with E-state index in [1.165, 1.54) is 5.56 Å². The number of amidine groups is 1. The molecule has 0 spiro atoms. The molecule has 0 bridgehead atoms. The van der Waals surface area contributed by atoms with E-state index in [1.807, 2.05) is 25.1 Å². The third-order valence-electron chi connectivity index (χ3n) is 3.44. The van der Waals surface area contributed by atoms with Crippen LogP contribution in [-0.2, 0) is 6.54 Å². The molecule has 1 aromatic carbocycles. The van der Waals surface area contributed by atoms with Crippen molar-refractivity contribution in [3.63, 3.8) is 0 Å². The van der Waals surface area contributed by atoms with Crippen molar-refractivity contribution >= 4 is 5.84 Å². The Balaban J connectivity index is 1.97. The number of nitrogens with two attached hydrogens (primary N) is 1. The smallest absolute Gasteiger partial charge is 0.170 e. The van der Waals surface area contributed by atoms with Gasteiger partial charge < -0.3 is 21.4 Å². The summed E-state index contributed by atoms with van der Waals surface area (Å²) in [6, 6.07) is 6.14. The first-order chi connectivity index (χ1) is 8.60. The highest BCUT2D eigenvalue weighted by Crippen LogP contribution is 2.20. The Labute approximate surface area is 106 Å². The average Bonchev–Trinajstić information content (AvgIpc) is 2.33. The molecule has 0 heterocycles. The van der Waals surface area contributed by atoms with Crippen LogP contribution in [0.25, 0.3) is 0 Å². The maximum Gasteiger partial charge on any atom is 0.170 e. The first-order valence-electron chi connectivity index (χ1n) is 6.09. The first kappa shape index (κ1) is 12.9. The molecule has 0 unspecified atom stereocenters. The lowest BCUT2D eigenvalue weighted by atomic mass is 9.89. The zero-order valence-electron chi connectivity index (χ0n) is 10.4. The summed E-state index contributed by atoms with van der Waals surface area (Å²) in [6.45, 7) is 2.78. The normalized spacial score (nSPS) is 23.8. The third-order valence-corrected chi connectivity index (χ3v) is 3.44. The molecule has 1 aliphatic rings. The van der Waals surface area contributed by atoms with Gasteiger partial charge in [0.25, 0.3) is 0 Å². The van der Waals surface area contributed by atoms with Crippen molar-refractivity contribution in [2.75, 3.05) is 0 Å². The highest BCUT2D eigenvalue weighted by Gasteiger charge is 2.26. The van der Waals surface area contributed by atoms with Crippen molar-refractivity contribution in [3.05, 3.63) is 34.9 Å². The molecule has 0 aliphatic heterocycles. The second-order valence-corrected chi connectivity index (χ2v) is 4.83. The second kappa shape index (κ2) is 5.37. The molecule has 0 saturated heterocycles. The molecule has 5 N–H and O–H groups in total. The number of nitrogens with one attached hydrogen (secondary N) is 1. The molecule has 1 fully saturated rings. The standard InChI is InChI=1S/C13H19N3O2/c1-8-4-9(13(14)16-18)2-3-10(8)7-15-11-5-12(17)6-11/h2-4,11-12,15,17-18H,5-7H2,1H3,(H2,14,16). The summed E-state index contributed by atoms with van der Waals surface area (Å²) in [4.78, 5) is 0. The van der Waals surface area contributed by atoms with Gasteiger partial charge in [-0.05, 0) is 37.0 Å². The van der Waals surface area contributed by atoms with Crippen molar-refractivity contribution in [3.8, 4) is 0 Å². The average molecular weight is 249 g/mol. The lowest BCUT2D eigenvalue weighted by molar-refractivity contribution is 0.0619. The summed E-state index contributed by atoms with van der Waals surface area (Å²) >= 11 is 0. The highest BCUT2D eigenvalue weighted by atomic mass is 16.4. The number of aliphatic hydroxyl groups excluding tert-OH is 1. The van der Waals surface area contributed by atoms with Crippen LogP contribution in [0.1, 0.15) is 29.5 Å². The molecule has 5 heteroatoms. The van der Waals surface area contributed by atoms with Crippen LogP contribution in [0.2, 0.25) is 0 Å². The molecule has 1 aliphatic carbocycles. The van der Waals surface area contributed by atoms with Gasteiger partial charge in [0.2, 0.25) is 0 Å². The molecular formula is C13H19N3O2. The topological polar surface area (TPSA) is 90.9 Å². The van der Waals surface area contributed by atoms with Crippen LogP contribution in [0, 0.1) is 6.92 Å². The fourth-order valence-corrected chi connectivity index (χ4v) is 2.12. The Morgan fingerprint density at radius 3 is 2.78 bits per heavy atom. The number of benzene rings is 1.